The van der Waals surface area contributed by atoms with E-state index in [4.69, 9.17) is 5.11 Å². The highest BCUT2D eigenvalue weighted by Crippen LogP contribution is 2.30. The van der Waals surface area contributed by atoms with Gasteiger partial charge < -0.3 is 10.4 Å². The van der Waals surface area contributed by atoms with E-state index in [0.29, 0.717) is 19.3 Å². The first kappa shape index (κ1) is 9.03. The second-order valence-corrected chi connectivity index (χ2v) is 3.16. The molecule has 4 heteroatoms. The number of carbonyl (C=O) groups excluding carboxylic acids is 1. The summed E-state index contributed by atoms with van der Waals surface area (Å²) in [7, 11) is 1.58. The monoisotopic (exact) mass is 171 g/mol. The van der Waals surface area contributed by atoms with Crippen LogP contribution in [-0.4, -0.2) is 24.0 Å². The van der Waals surface area contributed by atoms with E-state index >= 15 is 0 Å². The summed E-state index contributed by atoms with van der Waals surface area (Å²) in [6, 6.07) is 0. The molecule has 0 saturated heterocycles. The molecule has 1 saturated carbocycles. The molecule has 0 radical (unpaired) electrons. The predicted octanol–water partition coefficient (Wildman–Crippen LogP) is 0.233. The molecule has 2 atom stereocenters. The van der Waals surface area contributed by atoms with E-state index in [1.807, 2.05) is 0 Å². The lowest BCUT2D eigenvalue weighted by Gasteiger charge is -2.06. The topological polar surface area (TPSA) is 66.4 Å². The third-order valence-electron chi connectivity index (χ3n) is 2.40. The zero-order valence-electron chi connectivity index (χ0n) is 7.04. The lowest BCUT2D eigenvalue weighted by molar-refractivity contribution is -0.141. The van der Waals surface area contributed by atoms with Crippen molar-refractivity contribution >= 4 is 11.9 Å². The standard InChI is InChI=1S/C8H13NO3/c1-9-7(10)5-2-3-6(4-5)8(11)12/h5-6H,2-4H2,1H3,(H,9,10)(H,11,12)/t5-,6+/m0/s1. The number of nitrogens with one attached hydrogen (secondary N) is 1. The summed E-state index contributed by atoms with van der Waals surface area (Å²) < 4.78 is 0. The minimum Gasteiger partial charge on any atom is -0.481 e. The number of carboxylic acids is 1. The van der Waals surface area contributed by atoms with E-state index in [1.165, 1.54) is 0 Å². The van der Waals surface area contributed by atoms with Gasteiger partial charge in [0.15, 0.2) is 0 Å². The van der Waals surface area contributed by atoms with E-state index in [-0.39, 0.29) is 17.7 Å². The zero-order valence-corrected chi connectivity index (χ0v) is 7.04. The quantitative estimate of drug-likeness (QED) is 0.625. The van der Waals surface area contributed by atoms with Crippen LogP contribution in [-0.2, 0) is 9.59 Å². The lowest BCUT2D eigenvalue weighted by Crippen LogP contribution is -2.26. The van der Waals surface area contributed by atoms with Crippen LogP contribution >= 0.6 is 0 Å². The van der Waals surface area contributed by atoms with Crippen LogP contribution in [0.4, 0.5) is 0 Å². The first-order valence-electron chi connectivity index (χ1n) is 4.09. The van der Waals surface area contributed by atoms with Crippen LogP contribution in [0.2, 0.25) is 0 Å². The van der Waals surface area contributed by atoms with E-state index < -0.39 is 5.97 Å². The smallest absolute Gasteiger partial charge is 0.306 e. The molecule has 1 aliphatic rings. The molecule has 0 unspecified atom stereocenters. The summed E-state index contributed by atoms with van der Waals surface area (Å²) in [5, 5.41) is 11.2. The molecule has 1 amide bonds. The van der Waals surface area contributed by atoms with Crippen molar-refractivity contribution in [3.05, 3.63) is 0 Å². The Balaban J connectivity index is 2.45. The Morgan fingerprint density at radius 3 is 2.33 bits per heavy atom. The zero-order chi connectivity index (χ0) is 9.14. The van der Waals surface area contributed by atoms with Gasteiger partial charge in [0.2, 0.25) is 5.91 Å². The van der Waals surface area contributed by atoms with Gasteiger partial charge in [-0.15, -0.1) is 0 Å². The van der Waals surface area contributed by atoms with Crippen LogP contribution < -0.4 is 5.32 Å². The molecule has 0 aromatic rings. The summed E-state index contributed by atoms with van der Waals surface area (Å²) in [6.07, 6.45) is 1.83. The van der Waals surface area contributed by atoms with Crippen molar-refractivity contribution in [3.63, 3.8) is 0 Å². The molecule has 12 heavy (non-hydrogen) atoms. The Morgan fingerprint density at radius 2 is 1.92 bits per heavy atom. The Morgan fingerprint density at radius 1 is 1.33 bits per heavy atom. The number of aliphatic carboxylic acids is 1. The fourth-order valence-corrected chi connectivity index (χ4v) is 1.65. The van der Waals surface area contributed by atoms with Gasteiger partial charge in [-0.3, -0.25) is 9.59 Å². The molecule has 0 spiro atoms. The SMILES string of the molecule is CNC(=O)[C@H]1CC[C@@H](C(=O)O)C1. The minimum absolute atomic E-state index is 0.0289. The van der Waals surface area contributed by atoms with Gasteiger partial charge >= 0.3 is 5.97 Å². The van der Waals surface area contributed by atoms with Gasteiger partial charge in [0, 0.05) is 13.0 Å². The van der Waals surface area contributed by atoms with E-state index in [1.54, 1.807) is 7.05 Å². The number of hydrogen-bond donors (Lipinski definition) is 2. The normalized spacial score (nSPS) is 28.4. The van der Waals surface area contributed by atoms with Gasteiger partial charge in [0.05, 0.1) is 5.92 Å². The molecular weight excluding hydrogens is 158 g/mol. The summed E-state index contributed by atoms with van der Waals surface area (Å²) in [5.41, 5.74) is 0. The number of amides is 1. The van der Waals surface area contributed by atoms with Crippen LogP contribution in [0, 0.1) is 11.8 Å². The first-order valence-corrected chi connectivity index (χ1v) is 4.09. The molecular formula is C8H13NO3. The second-order valence-electron chi connectivity index (χ2n) is 3.16. The molecule has 4 nitrogen and oxygen atoms in total. The molecule has 0 aromatic heterocycles. The molecule has 1 rings (SSSR count). The van der Waals surface area contributed by atoms with Crippen LogP contribution in [0.5, 0.6) is 0 Å². The largest absolute Gasteiger partial charge is 0.481 e. The summed E-state index contributed by atoms with van der Waals surface area (Å²) >= 11 is 0. The molecule has 2 N–H and O–H groups in total. The number of rotatable bonds is 2. The van der Waals surface area contributed by atoms with Crippen molar-refractivity contribution in [3.8, 4) is 0 Å². The maximum Gasteiger partial charge on any atom is 0.306 e. The van der Waals surface area contributed by atoms with Gasteiger partial charge in [-0.05, 0) is 19.3 Å². The third-order valence-corrected chi connectivity index (χ3v) is 2.40. The molecule has 0 heterocycles. The van der Waals surface area contributed by atoms with Gasteiger partial charge in [0.25, 0.3) is 0 Å². The summed E-state index contributed by atoms with van der Waals surface area (Å²) in [6.45, 7) is 0. The summed E-state index contributed by atoms with van der Waals surface area (Å²) in [5.74, 6) is -1.21. The van der Waals surface area contributed by atoms with Crippen LogP contribution in [0.1, 0.15) is 19.3 Å². The van der Waals surface area contributed by atoms with E-state index in [2.05, 4.69) is 5.32 Å². The van der Waals surface area contributed by atoms with E-state index in [9.17, 15) is 9.59 Å². The van der Waals surface area contributed by atoms with Crippen molar-refractivity contribution in [1.82, 2.24) is 5.32 Å². The first-order chi connectivity index (χ1) is 5.65. The molecule has 68 valence electrons. The Bertz CT molecular complexity index is 202. The molecule has 0 aromatic carbocycles. The average molecular weight is 171 g/mol. The van der Waals surface area contributed by atoms with E-state index in [0.717, 1.165) is 0 Å². The van der Waals surface area contributed by atoms with Gasteiger partial charge in [-0.2, -0.15) is 0 Å². The summed E-state index contributed by atoms with van der Waals surface area (Å²) in [4.78, 5) is 21.6. The predicted molar refractivity (Wildman–Crippen MR) is 42.5 cm³/mol. The van der Waals surface area contributed by atoms with Gasteiger partial charge in [0.1, 0.15) is 0 Å². The molecule has 1 aliphatic carbocycles. The molecule has 0 bridgehead atoms. The van der Waals surface area contributed by atoms with Crippen molar-refractivity contribution < 1.29 is 14.7 Å². The Hall–Kier alpha value is -1.06. The second kappa shape index (κ2) is 3.56. The average Bonchev–Trinajstić information content (AvgIpc) is 2.51. The van der Waals surface area contributed by atoms with Crippen LogP contribution in [0.3, 0.4) is 0 Å². The van der Waals surface area contributed by atoms with Gasteiger partial charge in [-0.25, -0.2) is 0 Å². The maximum absolute atomic E-state index is 11.1. The number of hydrogen-bond acceptors (Lipinski definition) is 2. The highest BCUT2D eigenvalue weighted by Gasteiger charge is 2.33. The molecule has 1 fully saturated rings. The fourth-order valence-electron chi connectivity index (χ4n) is 1.65. The third kappa shape index (κ3) is 1.75. The lowest BCUT2D eigenvalue weighted by atomic mass is 10.0. The highest BCUT2D eigenvalue weighted by atomic mass is 16.4. The van der Waals surface area contributed by atoms with Gasteiger partial charge in [-0.1, -0.05) is 0 Å². The maximum atomic E-state index is 11.1. The van der Waals surface area contributed by atoms with Crippen molar-refractivity contribution in [2.45, 2.75) is 19.3 Å². The highest BCUT2D eigenvalue weighted by molar-refractivity contribution is 5.80. The Labute approximate surface area is 71.0 Å². The number of carbonyl (C=O) groups is 2. The van der Waals surface area contributed by atoms with Crippen molar-refractivity contribution in [2.75, 3.05) is 7.05 Å². The Kier molecular flexibility index (Phi) is 2.68. The van der Waals surface area contributed by atoms with Crippen molar-refractivity contribution in [1.29, 1.82) is 0 Å². The van der Waals surface area contributed by atoms with Crippen molar-refractivity contribution in [2.24, 2.45) is 11.8 Å². The van der Waals surface area contributed by atoms with Crippen LogP contribution in [0.25, 0.3) is 0 Å². The minimum atomic E-state index is -0.776. The number of carboxylic acid groups (broad SMARTS) is 1. The molecule has 0 aliphatic heterocycles. The van der Waals surface area contributed by atoms with Crippen LogP contribution in [0.15, 0.2) is 0 Å². The fraction of sp³-hybridized carbons (Fsp3) is 0.750.